The molecule has 0 saturated carbocycles. The summed E-state index contributed by atoms with van der Waals surface area (Å²) in [6, 6.07) is 14.1. The third-order valence-corrected chi connectivity index (χ3v) is 3.88. The van der Waals surface area contributed by atoms with Gasteiger partial charge in [-0.1, -0.05) is 36.4 Å². The molecule has 0 spiro atoms. The predicted octanol–water partition coefficient (Wildman–Crippen LogP) is 2.20. The monoisotopic (exact) mass is 337 g/mol. The minimum absolute atomic E-state index is 0.0191. The Morgan fingerprint density at radius 2 is 1.84 bits per heavy atom. The van der Waals surface area contributed by atoms with Gasteiger partial charge in [0.05, 0.1) is 11.1 Å². The Kier molecular flexibility index (Phi) is 4.70. The summed E-state index contributed by atoms with van der Waals surface area (Å²) >= 11 is 0. The zero-order chi connectivity index (χ0) is 17.8. The number of aromatic nitrogens is 1. The molecule has 1 aromatic heterocycles. The van der Waals surface area contributed by atoms with Crippen LogP contribution < -0.4 is 11.1 Å². The van der Waals surface area contributed by atoms with E-state index in [0.717, 1.165) is 10.9 Å². The van der Waals surface area contributed by atoms with Crippen molar-refractivity contribution in [2.45, 2.75) is 12.5 Å². The number of hydrogen-bond acceptors (Lipinski definition) is 3. The summed E-state index contributed by atoms with van der Waals surface area (Å²) in [5, 5.41) is 3.36. The highest BCUT2D eigenvalue weighted by atomic mass is 19.1. The third-order valence-electron chi connectivity index (χ3n) is 3.88. The van der Waals surface area contributed by atoms with Crippen molar-refractivity contribution in [3.63, 3.8) is 0 Å². The molecule has 25 heavy (non-hydrogen) atoms. The molecule has 0 radical (unpaired) electrons. The van der Waals surface area contributed by atoms with Crippen LogP contribution >= 0.6 is 0 Å². The topological polar surface area (TPSA) is 85.1 Å². The zero-order valence-electron chi connectivity index (χ0n) is 13.3. The van der Waals surface area contributed by atoms with Crippen molar-refractivity contribution in [2.24, 2.45) is 5.73 Å². The molecule has 1 atom stereocenters. The van der Waals surface area contributed by atoms with E-state index in [2.05, 4.69) is 10.3 Å². The van der Waals surface area contributed by atoms with Gasteiger partial charge < -0.3 is 11.1 Å². The lowest BCUT2D eigenvalue weighted by molar-refractivity contribution is -0.119. The van der Waals surface area contributed by atoms with Crippen molar-refractivity contribution in [3.8, 4) is 0 Å². The quantitative estimate of drug-likeness (QED) is 0.748. The Hall–Kier alpha value is -3.28. The number of carbonyl (C=O) groups excluding carboxylic acids is 2. The fourth-order valence-electron chi connectivity index (χ4n) is 2.54. The molecule has 0 aliphatic heterocycles. The van der Waals surface area contributed by atoms with Gasteiger partial charge >= 0.3 is 0 Å². The van der Waals surface area contributed by atoms with Crippen molar-refractivity contribution < 1.29 is 14.0 Å². The van der Waals surface area contributed by atoms with Crippen LogP contribution in [0, 0.1) is 5.82 Å². The normalized spacial score (nSPS) is 11.9. The highest BCUT2D eigenvalue weighted by molar-refractivity contribution is 5.99. The van der Waals surface area contributed by atoms with Crippen LogP contribution in [0.5, 0.6) is 0 Å². The lowest BCUT2D eigenvalue weighted by Crippen LogP contribution is -2.46. The van der Waals surface area contributed by atoms with Crippen LogP contribution in [0.15, 0.2) is 60.8 Å². The van der Waals surface area contributed by atoms with Crippen LogP contribution in [0.2, 0.25) is 0 Å². The highest BCUT2D eigenvalue weighted by Gasteiger charge is 2.21. The Bertz CT molecular complexity index is 943. The van der Waals surface area contributed by atoms with Crippen molar-refractivity contribution in [2.75, 3.05) is 0 Å². The number of hydrogen-bond donors (Lipinski definition) is 2. The lowest BCUT2D eigenvalue weighted by atomic mass is 10.0. The largest absolute Gasteiger partial charge is 0.368 e. The fraction of sp³-hybridized carbons (Fsp3) is 0.105. The number of nitrogens with one attached hydrogen (secondary N) is 1. The number of fused-ring (bicyclic) bond motifs is 1. The van der Waals surface area contributed by atoms with E-state index in [4.69, 9.17) is 5.73 Å². The van der Waals surface area contributed by atoms with Crippen molar-refractivity contribution in [1.82, 2.24) is 10.3 Å². The second kappa shape index (κ2) is 7.09. The summed E-state index contributed by atoms with van der Waals surface area (Å²) in [6.45, 7) is 0. The van der Waals surface area contributed by atoms with Crippen LogP contribution in [-0.4, -0.2) is 22.8 Å². The SMILES string of the molecule is NC(=O)[C@H](Cc1ccccc1F)NC(=O)c1cnc2ccccc2c1. The predicted molar refractivity (Wildman–Crippen MR) is 92.3 cm³/mol. The first-order valence-corrected chi connectivity index (χ1v) is 7.73. The van der Waals surface area contributed by atoms with Gasteiger partial charge in [0.25, 0.3) is 5.91 Å². The highest BCUT2D eigenvalue weighted by Crippen LogP contribution is 2.14. The fourth-order valence-corrected chi connectivity index (χ4v) is 2.54. The minimum atomic E-state index is -1.02. The van der Waals surface area contributed by atoms with Gasteiger partial charge in [-0.25, -0.2) is 4.39 Å². The molecular weight excluding hydrogens is 321 g/mol. The van der Waals surface area contributed by atoms with Crippen LogP contribution in [0.3, 0.4) is 0 Å². The average molecular weight is 337 g/mol. The first-order chi connectivity index (χ1) is 12.0. The van der Waals surface area contributed by atoms with E-state index in [0.29, 0.717) is 11.1 Å². The van der Waals surface area contributed by atoms with Crippen molar-refractivity contribution in [1.29, 1.82) is 0 Å². The molecular formula is C19H16FN3O2. The van der Waals surface area contributed by atoms with E-state index in [1.807, 2.05) is 24.3 Å². The van der Waals surface area contributed by atoms with Gasteiger partial charge in [-0.15, -0.1) is 0 Å². The van der Waals surface area contributed by atoms with Gasteiger partial charge in [0.1, 0.15) is 11.9 Å². The van der Waals surface area contributed by atoms with Crippen molar-refractivity contribution >= 4 is 22.7 Å². The molecule has 3 rings (SSSR count). The van der Waals surface area contributed by atoms with E-state index < -0.39 is 23.7 Å². The van der Waals surface area contributed by atoms with Crippen LogP contribution in [0.25, 0.3) is 10.9 Å². The van der Waals surface area contributed by atoms with E-state index >= 15 is 0 Å². The second-order valence-electron chi connectivity index (χ2n) is 5.64. The number of amides is 2. The van der Waals surface area contributed by atoms with E-state index in [-0.39, 0.29) is 6.42 Å². The third kappa shape index (κ3) is 3.80. The summed E-state index contributed by atoms with van der Waals surface area (Å²) in [6.07, 6.45) is 1.41. The van der Waals surface area contributed by atoms with Gasteiger partial charge in [0.15, 0.2) is 0 Å². The summed E-state index contributed by atoms with van der Waals surface area (Å²) < 4.78 is 13.8. The Labute approximate surface area is 143 Å². The molecule has 1 heterocycles. The molecule has 5 nitrogen and oxygen atoms in total. The maximum absolute atomic E-state index is 13.8. The number of primary amides is 1. The summed E-state index contributed by atoms with van der Waals surface area (Å²) in [4.78, 5) is 28.3. The molecule has 3 N–H and O–H groups in total. The van der Waals surface area contributed by atoms with Gasteiger partial charge in [-0.2, -0.15) is 0 Å². The number of nitrogens with zero attached hydrogens (tertiary/aromatic N) is 1. The molecule has 0 saturated heterocycles. The minimum Gasteiger partial charge on any atom is -0.368 e. The molecule has 0 aliphatic rings. The standard InChI is InChI=1S/C19H16FN3O2/c20-15-7-3-1-5-12(15)10-17(18(21)24)23-19(25)14-9-13-6-2-4-8-16(13)22-11-14/h1-9,11,17H,10H2,(H2,21,24)(H,23,25)/t17-/m0/s1. The second-order valence-corrected chi connectivity index (χ2v) is 5.64. The zero-order valence-corrected chi connectivity index (χ0v) is 13.3. The number of pyridine rings is 1. The van der Waals surface area contributed by atoms with Crippen LogP contribution in [0.4, 0.5) is 4.39 Å². The molecule has 0 fully saturated rings. The first-order valence-electron chi connectivity index (χ1n) is 7.73. The first kappa shape index (κ1) is 16.6. The average Bonchev–Trinajstić information content (AvgIpc) is 2.62. The summed E-state index contributed by atoms with van der Waals surface area (Å²) in [5.41, 5.74) is 6.73. The van der Waals surface area contributed by atoms with Gasteiger partial charge in [0, 0.05) is 18.0 Å². The van der Waals surface area contributed by atoms with Crippen LogP contribution in [0.1, 0.15) is 15.9 Å². The van der Waals surface area contributed by atoms with E-state index in [1.54, 1.807) is 24.3 Å². The summed E-state index contributed by atoms with van der Waals surface area (Å²) in [7, 11) is 0. The maximum atomic E-state index is 13.8. The maximum Gasteiger partial charge on any atom is 0.253 e. The molecule has 0 unspecified atom stereocenters. The number of halogens is 1. The van der Waals surface area contributed by atoms with E-state index in [9.17, 15) is 14.0 Å². The van der Waals surface area contributed by atoms with E-state index in [1.165, 1.54) is 12.3 Å². The number of carbonyl (C=O) groups is 2. The van der Waals surface area contributed by atoms with Gasteiger partial charge in [-0.3, -0.25) is 14.6 Å². The lowest BCUT2D eigenvalue weighted by Gasteiger charge is -2.16. The number of nitrogens with two attached hydrogens (primary N) is 1. The molecule has 126 valence electrons. The van der Waals surface area contributed by atoms with Gasteiger partial charge in [-0.05, 0) is 23.8 Å². The molecule has 0 bridgehead atoms. The molecule has 6 heteroatoms. The van der Waals surface area contributed by atoms with Gasteiger partial charge in [0.2, 0.25) is 5.91 Å². The number of benzene rings is 2. The Balaban J connectivity index is 1.80. The number of rotatable bonds is 5. The summed E-state index contributed by atoms with van der Waals surface area (Å²) in [5.74, 6) is -1.67. The smallest absolute Gasteiger partial charge is 0.253 e. The molecule has 2 amide bonds. The Morgan fingerprint density at radius 1 is 1.12 bits per heavy atom. The molecule has 2 aromatic carbocycles. The number of para-hydroxylation sites is 1. The van der Waals surface area contributed by atoms with Crippen molar-refractivity contribution in [3.05, 3.63) is 77.7 Å². The molecule has 3 aromatic rings. The van der Waals surface area contributed by atoms with Crippen LogP contribution in [-0.2, 0) is 11.2 Å². The Morgan fingerprint density at radius 3 is 2.60 bits per heavy atom. The molecule has 0 aliphatic carbocycles.